The van der Waals surface area contributed by atoms with Crippen molar-refractivity contribution in [3.05, 3.63) is 66.0 Å². The third-order valence-electron chi connectivity index (χ3n) is 4.92. The SMILES string of the molecule is CC(NC(=O)c1cc(OC(F)(F)F)cc(S(C)(=O)=O)c1)c1nc2ccccc2nc1-c1ccn[nH]1. The average Bonchev–Trinajstić information content (AvgIpc) is 3.31. The van der Waals surface area contributed by atoms with E-state index in [-0.39, 0.29) is 5.56 Å². The predicted octanol–water partition coefficient (Wildman–Crippen LogP) is 3.81. The first kappa shape index (κ1) is 24.1. The van der Waals surface area contributed by atoms with Gasteiger partial charge in [-0.2, -0.15) is 5.10 Å². The van der Waals surface area contributed by atoms with Gasteiger partial charge in [-0.05, 0) is 43.3 Å². The van der Waals surface area contributed by atoms with E-state index in [0.29, 0.717) is 34.2 Å². The number of aromatic amines is 1. The number of aromatic nitrogens is 4. The summed E-state index contributed by atoms with van der Waals surface area (Å²) < 4.78 is 66.0. The van der Waals surface area contributed by atoms with E-state index in [4.69, 9.17) is 0 Å². The number of amides is 1. The van der Waals surface area contributed by atoms with Gasteiger partial charge in [0.05, 0.1) is 33.4 Å². The van der Waals surface area contributed by atoms with Crippen LogP contribution in [-0.4, -0.2) is 47.1 Å². The number of hydrogen-bond acceptors (Lipinski definition) is 7. The molecule has 0 saturated heterocycles. The first-order chi connectivity index (χ1) is 16.4. The maximum absolute atomic E-state index is 13.0. The molecule has 0 radical (unpaired) electrons. The lowest BCUT2D eigenvalue weighted by Crippen LogP contribution is -2.28. The quantitative estimate of drug-likeness (QED) is 0.408. The lowest BCUT2D eigenvalue weighted by molar-refractivity contribution is -0.274. The van der Waals surface area contributed by atoms with Crippen LogP contribution in [0.1, 0.15) is 29.0 Å². The molecule has 13 heteroatoms. The highest BCUT2D eigenvalue weighted by molar-refractivity contribution is 7.90. The van der Waals surface area contributed by atoms with Gasteiger partial charge in [0.1, 0.15) is 11.4 Å². The van der Waals surface area contributed by atoms with Crippen LogP contribution in [0.4, 0.5) is 13.2 Å². The summed E-state index contributed by atoms with van der Waals surface area (Å²) in [5.41, 5.74) is 2.16. The summed E-state index contributed by atoms with van der Waals surface area (Å²) in [6.07, 6.45) is -2.74. The van der Waals surface area contributed by atoms with Crippen molar-refractivity contribution in [3.8, 4) is 17.1 Å². The highest BCUT2D eigenvalue weighted by Gasteiger charge is 2.32. The molecular weight excluding hydrogens is 487 g/mol. The second-order valence-corrected chi connectivity index (χ2v) is 9.64. The molecule has 1 amide bonds. The molecule has 0 saturated carbocycles. The molecule has 35 heavy (non-hydrogen) atoms. The predicted molar refractivity (Wildman–Crippen MR) is 119 cm³/mol. The number of fused-ring (bicyclic) bond motifs is 1. The van der Waals surface area contributed by atoms with Gasteiger partial charge < -0.3 is 10.1 Å². The monoisotopic (exact) mass is 505 g/mol. The summed E-state index contributed by atoms with van der Waals surface area (Å²) in [6, 6.07) is 10.5. The minimum absolute atomic E-state index is 0.337. The summed E-state index contributed by atoms with van der Waals surface area (Å²) in [7, 11) is -3.94. The Morgan fingerprint density at radius 1 is 1.09 bits per heavy atom. The van der Waals surface area contributed by atoms with Gasteiger partial charge in [-0.3, -0.25) is 9.89 Å². The Kier molecular flexibility index (Phi) is 6.19. The zero-order valence-electron chi connectivity index (χ0n) is 18.3. The summed E-state index contributed by atoms with van der Waals surface area (Å²) in [5.74, 6) is -1.66. The van der Waals surface area contributed by atoms with Crippen LogP contribution < -0.4 is 10.1 Å². The molecule has 0 fully saturated rings. The maximum Gasteiger partial charge on any atom is 0.573 e. The van der Waals surface area contributed by atoms with Crippen molar-refractivity contribution in [2.45, 2.75) is 24.2 Å². The van der Waals surface area contributed by atoms with Crippen molar-refractivity contribution in [2.75, 3.05) is 6.26 Å². The number of hydrogen-bond donors (Lipinski definition) is 2. The molecule has 4 aromatic rings. The van der Waals surface area contributed by atoms with Crippen LogP contribution in [0, 0.1) is 0 Å². The van der Waals surface area contributed by atoms with Crippen molar-refractivity contribution in [3.63, 3.8) is 0 Å². The normalized spacial score (nSPS) is 12.9. The van der Waals surface area contributed by atoms with E-state index in [2.05, 4.69) is 30.2 Å². The van der Waals surface area contributed by atoms with Gasteiger partial charge >= 0.3 is 6.36 Å². The fourth-order valence-corrected chi connectivity index (χ4v) is 4.03. The molecule has 182 valence electrons. The molecule has 0 aliphatic heterocycles. The second-order valence-electron chi connectivity index (χ2n) is 7.62. The zero-order valence-corrected chi connectivity index (χ0v) is 19.1. The molecule has 1 unspecified atom stereocenters. The van der Waals surface area contributed by atoms with Crippen LogP contribution in [0.3, 0.4) is 0 Å². The minimum atomic E-state index is -5.07. The van der Waals surface area contributed by atoms with Gasteiger partial charge in [0.25, 0.3) is 5.91 Å². The lowest BCUT2D eigenvalue weighted by atomic mass is 10.1. The number of H-pyrrole nitrogens is 1. The Bertz CT molecular complexity index is 1510. The third-order valence-corrected chi connectivity index (χ3v) is 6.01. The van der Waals surface area contributed by atoms with E-state index in [9.17, 15) is 26.4 Å². The van der Waals surface area contributed by atoms with Crippen LogP contribution in [0.25, 0.3) is 22.4 Å². The maximum atomic E-state index is 13.0. The number of carbonyl (C=O) groups excluding carboxylic acids is 1. The van der Waals surface area contributed by atoms with Gasteiger partial charge in [-0.15, -0.1) is 13.2 Å². The van der Waals surface area contributed by atoms with Crippen LogP contribution in [0.15, 0.2) is 59.6 Å². The summed E-state index contributed by atoms with van der Waals surface area (Å²) in [4.78, 5) is 21.7. The summed E-state index contributed by atoms with van der Waals surface area (Å²) in [6.45, 7) is 1.62. The summed E-state index contributed by atoms with van der Waals surface area (Å²) >= 11 is 0. The van der Waals surface area contributed by atoms with Crippen LogP contribution in [0.2, 0.25) is 0 Å². The van der Waals surface area contributed by atoms with E-state index < -0.39 is 38.8 Å². The molecule has 2 aromatic carbocycles. The van der Waals surface area contributed by atoms with Crippen molar-refractivity contribution in [1.82, 2.24) is 25.5 Å². The Morgan fingerprint density at radius 2 is 1.77 bits per heavy atom. The number of ether oxygens (including phenoxy) is 1. The molecule has 0 aliphatic carbocycles. The van der Waals surface area contributed by atoms with Crippen molar-refractivity contribution in [1.29, 1.82) is 0 Å². The average molecular weight is 505 g/mol. The molecule has 2 aromatic heterocycles. The van der Waals surface area contributed by atoms with E-state index >= 15 is 0 Å². The van der Waals surface area contributed by atoms with E-state index in [1.54, 1.807) is 37.3 Å². The highest BCUT2D eigenvalue weighted by Crippen LogP contribution is 2.29. The van der Waals surface area contributed by atoms with Gasteiger partial charge in [0.2, 0.25) is 0 Å². The largest absolute Gasteiger partial charge is 0.573 e. The fourth-order valence-electron chi connectivity index (χ4n) is 3.36. The fraction of sp³-hybridized carbons (Fsp3) is 0.182. The molecule has 2 N–H and O–H groups in total. The molecule has 0 aliphatic rings. The highest BCUT2D eigenvalue weighted by atomic mass is 32.2. The zero-order chi connectivity index (χ0) is 25.4. The topological polar surface area (TPSA) is 127 Å². The van der Waals surface area contributed by atoms with Gasteiger partial charge in [-0.1, -0.05) is 12.1 Å². The number of halogens is 3. The minimum Gasteiger partial charge on any atom is -0.406 e. The Hall–Kier alpha value is -4.00. The van der Waals surface area contributed by atoms with Crippen molar-refractivity contribution in [2.24, 2.45) is 0 Å². The number of alkyl halides is 3. The van der Waals surface area contributed by atoms with Crippen molar-refractivity contribution < 1.29 is 31.1 Å². The first-order valence-corrected chi connectivity index (χ1v) is 12.0. The van der Waals surface area contributed by atoms with E-state index in [0.717, 1.165) is 18.4 Å². The summed E-state index contributed by atoms with van der Waals surface area (Å²) in [5, 5.41) is 9.35. The third kappa shape index (κ3) is 5.57. The Balaban J connectivity index is 1.72. The molecule has 9 nitrogen and oxygen atoms in total. The Morgan fingerprint density at radius 3 is 2.37 bits per heavy atom. The first-order valence-electron chi connectivity index (χ1n) is 10.1. The van der Waals surface area contributed by atoms with E-state index in [1.807, 2.05) is 0 Å². The standard InChI is InChI=1S/C22H18F3N5O4S/c1-12(19-20(18-7-8-26-30-18)29-17-6-4-3-5-16(17)28-19)27-21(31)13-9-14(34-22(23,24)25)11-15(10-13)35(2,32)33/h3-12H,1-2H3,(H,26,30)(H,27,31). The Labute approximate surface area is 197 Å². The molecular formula is C22H18F3N5O4S. The van der Waals surface area contributed by atoms with Crippen molar-refractivity contribution >= 4 is 26.8 Å². The van der Waals surface area contributed by atoms with Crippen LogP contribution in [0.5, 0.6) is 5.75 Å². The number of benzene rings is 2. The lowest BCUT2D eigenvalue weighted by Gasteiger charge is -2.18. The second kappa shape index (κ2) is 8.98. The number of nitrogens with one attached hydrogen (secondary N) is 2. The van der Waals surface area contributed by atoms with Gasteiger partial charge in [0.15, 0.2) is 9.84 Å². The number of para-hydroxylation sites is 2. The number of rotatable bonds is 6. The molecule has 4 rings (SSSR count). The molecule has 0 spiro atoms. The van der Waals surface area contributed by atoms with Crippen LogP contribution >= 0.6 is 0 Å². The molecule has 2 heterocycles. The number of sulfone groups is 1. The number of nitrogens with zero attached hydrogens (tertiary/aromatic N) is 3. The molecule has 1 atom stereocenters. The smallest absolute Gasteiger partial charge is 0.406 e. The molecule has 0 bridgehead atoms. The van der Waals surface area contributed by atoms with Gasteiger partial charge in [-0.25, -0.2) is 18.4 Å². The van der Waals surface area contributed by atoms with E-state index in [1.165, 1.54) is 6.20 Å². The van der Waals surface area contributed by atoms with Gasteiger partial charge in [0, 0.05) is 18.0 Å². The number of carbonyl (C=O) groups is 1. The van der Waals surface area contributed by atoms with Crippen LogP contribution in [-0.2, 0) is 9.84 Å².